The first-order chi connectivity index (χ1) is 10.0. The van der Waals surface area contributed by atoms with Gasteiger partial charge in [0.1, 0.15) is 5.75 Å². The third-order valence-corrected chi connectivity index (χ3v) is 2.81. The van der Waals surface area contributed by atoms with E-state index in [1.165, 1.54) is 16.8 Å². The Bertz CT molecular complexity index is 472. The first-order valence-electron chi connectivity index (χ1n) is 7.37. The molecule has 0 N–H and O–H groups in total. The lowest BCUT2D eigenvalue weighted by atomic mass is 10.2. The van der Waals surface area contributed by atoms with Gasteiger partial charge in [0.15, 0.2) is 0 Å². The van der Waals surface area contributed by atoms with Crippen molar-refractivity contribution in [2.24, 2.45) is 0 Å². The smallest absolute Gasteiger partial charge is 0.118 e. The molecule has 0 saturated heterocycles. The van der Waals surface area contributed by atoms with Crippen molar-refractivity contribution in [3.05, 3.63) is 59.7 Å². The molecule has 0 bridgehead atoms. The summed E-state index contributed by atoms with van der Waals surface area (Å²) in [7, 11) is 5.76. The van der Waals surface area contributed by atoms with E-state index in [2.05, 4.69) is 43.0 Å². The third kappa shape index (κ3) is 8.03. The zero-order valence-corrected chi connectivity index (χ0v) is 14.5. The van der Waals surface area contributed by atoms with Crippen LogP contribution in [0.4, 0.5) is 5.69 Å². The molecule has 0 amide bonds. The van der Waals surface area contributed by atoms with Gasteiger partial charge in [-0.2, -0.15) is 0 Å². The van der Waals surface area contributed by atoms with E-state index in [-0.39, 0.29) is 0 Å². The molecule has 2 nitrogen and oxygen atoms in total. The number of hydrogen-bond acceptors (Lipinski definition) is 2. The lowest BCUT2D eigenvalue weighted by molar-refractivity contribution is 0.414. The Morgan fingerprint density at radius 2 is 1.10 bits per heavy atom. The molecule has 2 aromatic rings. The van der Waals surface area contributed by atoms with Gasteiger partial charge in [-0.15, -0.1) is 0 Å². The molecule has 2 aromatic carbocycles. The van der Waals surface area contributed by atoms with Gasteiger partial charge in [-0.3, -0.25) is 0 Å². The van der Waals surface area contributed by atoms with Crippen LogP contribution in [-0.2, 0) is 0 Å². The van der Waals surface area contributed by atoms with E-state index in [1.54, 1.807) is 7.11 Å². The van der Waals surface area contributed by atoms with E-state index in [0.717, 1.165) is 5.75 Å². The molecule has 0 unspecified atom stereocenters. The zero-order valence-electron chi connectivity index (χ0n) is 14.5. The van der Waals surface area contributed by atoms with Crippen LogP contribution in [-0.4, -0.2) is 21.2 Å². The average Bonchev–Trinajstić information content (AvgIpc) is 2.51. The molecule has 0 fully saturated rings. The average molecular weight is 287 g/mol. The van der Waals surface area contributed by atoms with Gasteiger partial charge in [-0.05, 0) is 38.1 Å². The van der Waals surface area contributed by atoms with Gasteiger partial charge in [-0.25, -0.2) is 0 Å². The van der Waals surface area contributed by atoms with Gasteiger partial charge < -0.3 is 9.64 Å². The maximum Gasteiger partial charge on any atom is 0.118 e. The van der Waals surface area contributed by atoms with Crippen molar-refractivity contribution in [3.63, 3.8) is 0 Å². The predicted molar refractivity (Wildman–Crippen MR) is 94.6 cm³/mol. The summed E-state index contributed by atoms with van der Waals surface area (Å²) in [5.41, 5.74) is 3.83. The highest BCUT2D eigenvalue weighted by Crippen LogP contribution is 2.11. The minimum absolute atomic E-state index is 0.917. The van der Waals surface area contributed by atoms with E-state index in [9.17, 15) is 0 Å². The summed E-state index contributed by atoms with van der Waals surface area (Å²) in [4.78, 5) is 2.10. The minimum Gasteiger partial charge on any atom is -0.497 e. The fraction of sp³-hybridized carbons (Fsp3) is 0.368. The van der Waals surface area contributed by atoms with Crippen molar-refractivity contribution in [3.8, 4) is 5.75 Å². The number of nitrogens with zero attached hydrogens (tertiary/aromatic N) is 1. The molecule has 0 spiro atoms. The van der Waals surface area contributed by atoms with Crippen LogP contribution < -0.4 is 9.64 Å². The molecule has 0 atom stereocenters. The summed E-state index contributed by atoms with van der Waals surface area (Å²) in [5, 5.41) is 0. The quantitative estimate of drug-likeness (QED) is 0.762. The van der Waals surface area contributed by atoms with Crippen molar-refractivity contribution >= 4 is 5.69 Å². The fourth-order valence-corrected chi connectivity index (χ4v) is 1.52. The van der Waals surface area contributed by atoms with Crippen molar-refractivity contribution in [1.29, 1.82) is 0 Å². The van der Waals surface area contributed by atoms with Gasteiger partial charge >= 0.3 is 0 Å². The molecule has 0 aromatic heterocycles. The van der Waals surface area contributed by atoms with Crippen molar-refractivity contribution < 1.29 is 4.74 Å². The van der Waals surface area contributed by atoms with E-state index < -0.39 is 0 Å². The highest BCUT2D eigenvalue weighted by Gasteiger charge is 1.90. The molecule has 21 heavy (non-hydrogen) atoms. The van der Waals surface area contributed by atoms with Crippen molar-refractivity contribution in [2.75, 3.05) is 26.1 Å². The minimum atomic E-state index is 0.917. The SMILES string of the molecule is CC.COc1ccc(C)cc1.Cc1ccc(N(C)C)cc1. The number of aryl methyl sites for hydroxylation is 2. The van der Waals surface area contributed by atoms with Crippen LogP contribution >= 0.6 is 0 Å². The van der Waals surface area contributed by atoms with E-state index >= 15 is 0 Å². The first kappa shape index (κ1) is 19.0. The first-order valence-corrected chi connectivity index (χ1v) is 7.37. The van der Waals surface area contributed by atoms with Crippen molar-refractivity contribution in [2.45, 2.75) is 27.7 Å². The molecule has 0 saturated carbocycles. The highest BCUT2D eigenvalue weighted by atomic mass is 16.5. The number of methoxy groups -OCH3 is 1. The van der Waals surface area contributed by atoms with Gasteiger partial charge in [0.25, 0.3) is 0 Å². The molecule has 0 aliphatic heterocycles. The molecule has 2 rings (SSSR count). The largest absolute Gasteiger partial charge is 0.497 e. The van der Waals surface area contributed by atoms with Crippen LogP contribution in [0.25, 0.3) is 0 Å². The summed E-state index contributed by atoms with van der Waals surface area (Å²) < 4.78 is 4.97. The highest BCUT2D eigenvalue weighted by molar-refractivity contribution is 5.45. The molecular weight excluding hydrogens is 258 g/mol. The Hall–Kier alpha value is -1.96. The molecule has 116 valence electrons. The zero-order chi connectivity index (χ0) is 16.3. The number of ether oxygens (including phenoxy) is 1. The predicted octanol–water partition coefficient (Wildman–Crippen LogP) is 5.09. The van der Waals surface area contributed by atoms with Crippen LogP contribution in [0, 0.1) is 13.8 Å². The second-order valence-electron chi connectivity index (χ2n) is 4.75. The molecule has 0 radical (unpaired) electrons. The van der Waals surface area contributed by atoms with Crippen LogP contribution in [0.2, 0.25) is 0 Å². The Labute approximate surface area is 130 Å². The van der Waals surface area contributed by atoms with Crippen molar-refractivity contribution in [1.82, 2.24) is 0 Å². The second kappa shape index (κ2) is 10.8. The van der Waals surface area contributed by atoms with Gasteiger partial charge in [0.2, 0.25) is 0 Å². The summed E-state index contributed by atoms with van der Waals surface area (Å²) in [6.07, 6.45) is 0. The summed E-state index contributed by atoms with van der Waals surface area (Å²) in [5.74, 6) is 0.917. The van der Waals surface area contributed by atoms with E-state index in [1.807, 2.05) is 52.2 Å². The second-order valence-corrected chi connectivity index (χ2v) is 4.75. The molecule has 0 aliphatic carbocycles. The number of benzene rings is 2. The van der Waals surface area contributed by atoms with Crippen LogP contribution in [0.15, 0.2) is 48.5 Å². The maximum absolute atomic E-state index is 4.97. The van der Waals surface area contributed by atoms with Crippen LogP contribution in [0.3, 0.4) is 0 Å². The standard InChI is InChI=1S/C9H13N.C8H10O.C2H6/c1-8-4-6-9(7-5-8)10(2)3;1-7-3-5-8(9-2)6-4-7;1-2/h4-7H,1-3H3;3-6H,1-2H3;1-2H3. The Kier molecular flexibility index (Phi) is 9.78. The Morgan fingerprint density at radius 1 is 0.714 bits per heavy atom. The Morgan fingerprint density at radius 3 is 1.43 bits per heavy atom. The maximum atomic E-state index is 4.97. The third-order valence-electron chi connectivity index (χ3n) is 2.81. The van der Waals surface area contributed by atoms with Gasteiger partial charge in [-0.1, -0.05) is 49.2 Å². The normalized spacial score (nSPS) is 8.71. The summed E-state index contributed by atoms with van der Waals surface area (Å²) >= 11 is 0. The fourth-order valence-electron chi connectivity index (χ4n) is 1.52. The topological polar surface area (TPSA) is 12.5 Å². The van der Waals surface area contributed by atoms with Gasteiger partial charge in [0.05, 0.1) is 7.11 Å². The molecule has 0 heterocycles. The number of rotatable bonds is 2. The summed E-state index contributed by atoms with van der Waals surface area (Å²) in [6, 6.07) is 16.4. The van der Waals surface area contributed by atoms with E-state index in [4.69, 9.17) is 4.74 Å². The summed E-state index contributed by atoms with van der Waals surface area (Å²) in [6.45, 7) is 8.15. The number of hydrogen-bond donors (Lipinski definition) is 0. The van der Waals surface area contributed by atoms with Crippen LogP contribution in [0.1, 0.15) is 25.0 Å². The molecular formula is C19H29NO. The molecule has 0 aliphatic rings. The Balaban J connectivity index is 0.000000342. The monoisotopic (exact) mass is 287 g/mol. The molecule has 2 heteroatoms. The lowest BCUT2D eigenvalue weighted by Crippen LogP contribution is -2.07. The van der Waals surface area contributed by atoms with E-state index in [0.29, 0.717) is 0 Å². The van der Waals surface area contributed by atoms with Gasteiger partial charge in [0, 0.05) is 19.8 Å². The van der Waals surface area contributed by atoms with Crippen LogP contribution in [0.5, 0.6) is 5.75 Å². The number of anilines is 1. The lowest BCUT2D eigenvalue weighted by Gasteiger charge is -2.11.